The van der Waals surface area contributed by atoms with Gasteiger partial charge >= 0.3 is 0 Å². The Balaban J connectivity index is 1.42. The zero-order valence-corrected chi connectivity index (χ0v) is 20.5. The SMILES string of the molecule is C=C/C(=C\C=C\NC(=O)CCCc1ccccc1)N1CCN(C(=O)C(O)c2ccc(Cl)cc2)CC1. The summed E-state index contributed by atoms with van der Waals surface area (Å²) in [6, 6.07) is 16.8. The maximum atomic E-state index is 12.7. The molecule has 35 heavy (non-hydrogen) atoms. The van der Waals surface area contributed by atoms with Gasteiger partial charge in [0.05, 0.1) is 0 Å². The van der Waals surface area contributed by atoms with Crippen LogP contribution >= 0.6 is 11.6 Å². The molecule has 0 aromatic heterocycles. The quantitative estimate of drug-likeness (QED) is 0.485. The predicted molar refractivity (Wildman–Crippen MR) is 140 cm³/mol. The number of hydrogen-bond acceptors (Lipinski definition) is 4. The molecule has 2 aromatic rings. The fraction of sp³-hybridized carbons (Fsp3) is 0.286. The van der Waals surface area contributed by atoms with Crippen LogP contribution in [0.2, 0.25) is 5.02 Å². The maximum Gasteiger partial charge on any atom is 0.256 e. The molecule has 184 valence electrons. The molecule has 1 atom stereocenters. The van der Waals surface area contributed by atoms with Crippen molar-refractivity contribution in [3.63, 3.8) is 0 Å². The van der Waals surface area contributed by atoms with Crippen LogP contribution in [-0.2, 0) is 16.0 Å². The molecular formula is C28H32ClN3O3. The maximum absolute atomic E-state index is 12.7. The average Bonchev–Trinajstić information content (AvgIpc) is 2.89. The number of nitrogens with one attached hydrogen (secondary N) is 1. The number of nitrogens with zero attached hydrogens (tertiary/aromatic N) is 2. The van der Waals surface area contributed by atoms with Crippen molar-refractivity contribution in [2.75, 3.05) is 26.2 Å². The van der Waals surface area contributed by atoms with E-state index in [2.05, 4.69) is 28.9 Å². The lowest BCUT2D eigenvalue weighted by Crippen LogP contribution is -2.49. The second kappa shape index (κ2) is 13.5. The number of halogens is 1. The summed E-state index contributed by atoms with van der Waals surface area (Å²) in [7, 11) is 0. The van der Waals surface area contributed by atoms with Crippen LogP contribution < -0.4 is 5.32 Å². The van der Waals surface area contributed by atoms with Crippen molar-refractivity contribution >= 4 is 23.4 Å². The number of aryl methyl sites for hydroxylation is 1. The molecule has 2 amide bonds. The number of rotatable bonds is 10. The number of amides is 2. The van der Waals surface area contributed by atoms with E-state index in [1.54, 1.807) is 47.5 Å². The lowest BCUT2D eigenvalue weighted by atomic mass is 10.1. The summed E-state index contributed by atoms with van der Waals surface area (Å²) < 4.78 is 0. The number of carbonyl (C=O) groups excluding carboxylic acids is 2. The van der Waals surface area contributed by atoms with E-state index in [9.17, 15) is 14.7 Å². The van der Waals surface area contributed by atoms with Crippen LogP contribution in [-0.4, -0.2) is 52.9 Å². The highest BCUT2D eigenvalue weighted by Gasteiger charge is 2.27. The number of piperazine rings is 1. The largest absolute Gasteiger partial charge is 0.378 e. The molecule has 0 spiro atoms. The normalized spacial score (nSPS) is 15.2. The van der Waals surface area contributed by atoms with E-state index in [1.165, 1.54) is 5.56 Å². The average molecular weight is 494 g/mol. The standard InChI is InChI=1S/C28H32ClN3O3/c1-2-25(11-7-17-30-26(33)12-6-10-22-8-4-3-5-9-22)31-18-20-32(21-19-31)28(35)27(34)23-13-15-24(29)16-14-23/h2-5,7-9,11,13-17,27,34H,1,6,10,12,18-21H2,(H,30,33)/b17-7+,25-11+. The van der Waals surface area contributed by atoms with E-state index in [1.807, 2.05) is 24.3 Å². The van der Waals surface area contributed by atoms with Gasteiger partial charge < -0.3 is 20.2 Å². The van der Waals surface area contributed by atoms with Crippen LogP contribution in [0.4, 0.5) is 0 Å². The molecule has 1 aliphatic rings. The summed E-state index contributed by atoms with van der Waals surface area (Å²) >= 11 is 5.88. The lowest BCUT2D eigenvalue weighted by molar-refractivity contribution is -0.142. The second-order valence-electron chi connectivity index (χ2n) is 8.33. The first kappa shape index (κ1) is 26.3. The van der Waals surface area contributed by atoms with E-state index in [0.717, 1.165) is 18.5 Å². The highest BCUT2D eigenvalue weighted by molar-refractivity contribution is 6.30. The van der Waals surface area contributed by atoms with E-state index >= 15 is 0 Å². The molecule has 6 nitrogen and oxygen atoms in total. The van der Waals surface area contributed by atoms with Gasteiger partial charge in [-0.2, -0.15) is 0 Å². The molecule has 1 saturated heterocycles. The van der Waals surface area contributed by atoms with Gasteiger partial charge in [-0.3, -0.25) is 9.59 Å². The van der Waals surface area contributed by atoms with Gasteiger partial charge in [0, 0.05) is 49.5 Å². The second-order valence-corrected chi connectivity index (χ2v) is 8.76. The zero-order valence-electron chi connectivity index (χ0n) is 19.8. The van der Waals surface area contributed by atoms with E-state index in [4.69, 9.17) is 11.6 Å². The third kappa shape index (κ3) is 8.12. The summed E-state index contributed by atoms with van der Waals surface area (Å²) in [5.74, 6) is -0.330. The van der Waals surface area contributed by atoms with Crippen LogP contribution in [0.3, 0.4) is 0 Å². The summed E-state index contributed by atoms with van der Waals surface area (Å²) in [5.41, 5.74) is 2.67. The molecule has 2 N–H and O–H groups in total. The number of carbonyl (C=O) groups is 2. The summed E-state index contributed by atoms with van der Waals surface area (Å²) in [5, 5.41) is 13.8. The van der Waals surface area contributed by atoms with Crippen molar-refractivity contribution in [3.8, 4) is 0 Å². The minimum Gasteiger partial charge on any atom is -0.378 e. The number of allylic oxidation sites excluding steroid dienone is 3. The Morgan fingerprint density at radius 1 is 1.03 bits per heavy atom. The number of aliphatic hydroxyl groups is 1. The van der Waals surface area contributed by atoms with Gasteiger partial charge in [-0.05, 0) is 54.3 Å². The third-order valence-corrected chi connectivity index (χ3v) is 6.16. The first-order valence-corrected chi connectivity index (χ1v) is 12.2. The van der Waals surface area contributed by atoms with Crippen molar-refractivity contribution in [3.05, 3.63) is 107 Å². The Morgan fingerprint density at radius 2 is 1.69 bits per heavy atom. The summed E-state index contributed by atoms with van der Waals surface area (Å²) in [6.07, 6.45) is 8.01. The van der Waals surface area contributed by atoms with Gasteiger partial charge in [0.25, 0.3) is 5.91 Å². The minimum atomic E-state index is -1.20. The van der Waals surface area contributed by atoms with Gasteiger partial charge in [-0.25, -0.2) is 0 Å². The molecular weight excluding hydrogens is 462 g/mol. The molecule has 2 aromatic carbocycles. The first-order chi connectivity index (χ1) is 17.0. The van der Waals surface area contributed by atoms with E-state index < -0.39 is 6.10 Å². The van der Waals surface area contributed by atoms with Gasteiger partial charge in [-0.15, -0.1) is 0 Å². The Hall–Kier alpha value is -3.35. The van der Waals surface area contributed by atoms with Crippen LogP contribution in [0.25, 0.3) is 0 Å². The number of benzene rings is 2. The van der Waals surface area contributed by atoms with Crippen LogP contribution in [0.15, 0.2) is 91.3 Å². The Bertz CT molecular complexity index is 1040. The molecule has 7 heteroatoms. The van der Waals surface area contributed by atoms with Gasteiger partial charge in [0.15, 0.2) is 6.10 Å². The van der Waals surface area contributed by atoms with Crippen LogP contribution in [0, 0.1) is 0 Å². The van der Waals surface area contributed by atoms with E-state index in [0.29, 0.717) is 43.2 Å². The van der Waals surface area contributed by atoms with Crippen molar-refractivity contribution in [2.24, 2.45) is 0 Å². The molecule has 0 radical (unpaired) electrons. The van der Waals surface area contributed by atoms with Crippen LogP contribution in [0.5, 0.6) is 0 Å². The molecule has 1 aliphatic heterocycles. The molecule has 0 aliphatic carbocycles. The molecule has 1 fully saturated rings. The molecule has 1 heterocycles. The number of aliphatic hydroxyl groups excluding tert-OH is 1. The lowest BCUT2D eigenvalue weighted by Gasteiger charge is -2.37. The summed E-state index contributed by atoms with van der Waals surface area (Å²) in [6.45, 7) is 6.12. The van der Waals surface area contributed by atoms with Crippen molar-refractivity contribution < 1.29 is 14.7 Å². The topological polar surface area (TPSA) is 72.9 Å². The van der Waals surface area contributed by atoms with Gasteiger partial charge in [0.2, 0.25) is 5.91 Å². The highest BCUT2D eigenvalue weighted by Crippen LogP contribution is 2.20. The first-order valence-electron chi connectivity index (χ1n) is 11.8. The van der Waals surface area contributed by atoms with Gasteiger partial charge in [0.1, 0.15) is 0 Å². The Morgan fingerprint density at radius 3 is 2.34 bits per heavy atom. The van der Waals surface area contributed by atoms with E-state index in [-0.39, 0.29) is 11.8 Å². The van der Waals surface area contributed by atoms with Crippen molar-refractivity contribution in [2.45, 2.75) is 25.4 Å². The van der Waals surface area contributed by atoms with Gasteiger partial charge in [-0.1, -0.05) is 60.6 Å². The highest BCUT2D eigenvalue weighted by atomic mass is 35.5. The zero-order chi connectivity index (χ0) is 25.0. The van der Waals surface area contributed by atoms with Crippen LogP contribution in [0.1, 0.15) is 30.1 Å². The van der Waals surface area contributed by atoms with Crippen molar-refractivity contribution in [1.29, 1.82) is 0 Å². The fourth-order valence-corrected chi connectivity index (χ4v) is 4.03. The van der Waals surface area contributed by atoms with Crippen molar-refractivity contribution in [1.82, 2.24) is 15.1 Å². The molecule has 0 bridgehead atoms. The number of hydrogen-bond donors (Lipinski definition) is 2. The fourth-order valence-electron chi connectivity index (χ4n) is 3.91. The smallest absolute Gasteiger partial charge is 0.256 e. The monoisotopic (exact) mass is 493 g/mol. The minimum absolute atomic E-state index is 0.0166. The predicted octanol–water partition coefficient (Wildman–Crippen LogP) is 4.24. The molecule has 0 saturated carbocycles. The molecule has 3 rings (SSSR count). The molecule has 1 unspecified atom stereocenters. The Kier molecular flexibility index (Phi) is 10.1. The summed E-state index contributed by atoms with van der Waals surface area (Å²) in [4.78, 5) is 28.5. The third-order valence-electron chi connectivity index (χ3n) is 5.90. The Labute approximate surface area is 212 Å².